The Morgan fingerprint density at radius 3 is 2.70 bits per heavy atom. The van der Waals surface area contributed by atoms with E-state index in [1.165, 1.54) is 0 Å². The minimum Gasteiger partial charge on any atom is -0.436 e. The van der Waals surface area contributed by atoms with Crippen LogP contribution in [0.4, 0.5) is 0 Å². The monoisotopic (exact) mass is 383 g/mol. The highest BCUT2D eigenvalue weighted by molar-refractivity contribution is 6.30. The lowest BCUT2D eigenvalue weighted by molar-refractivity contribution is -0.134. The molecule has 136 valence electrons. The molecule has 0 aliphatic carbocycles. The third-order valence-electron chi connectivity index (χ3n) is 4.29. The maximum Gasteiger partial charge on any atom is 0.252 e. The Hall–Kier alpha value is -3.19. The molecule has 4 rings (SSSR count). The van der Waals surface area contributed by atoms with Crippen molar-refractivity contribution < 1.29 is 18.8 Å². The molecule has 1 aliphatic rings. The molecule has 7 nitrogen and oxygen atoms in total. The van der Waals surface area contributed by atoms with Crippen molar-refractivity contribution in [2.45, 2.75) is 18.9 Å². The second-order valence-electron chi connectivity index (χ2n) is 6.19. The number of nitrogens with one attached hydrogen (secondary N) is 2. The van der Waals surface area contributed by atoms with Crippen molar-refractivity contribution in [1.29, 1.82) is 0 Å². The van der Waals surface area contributed by atoms with Crippen LogP contribution in [0.5, 0.6) is 0 Å². The Bertz CT molecular complexity index is 1060. The van der Waals surface area contributed by atoms with Crippen LogP contribution in [-0.4, -0.2) is 28.7 Å². The van der Waals surface area contributed by atoms with Crippen LogP contribution in [0.15, 0.2) is 46.9 Å². The smallest absolute Gasteiger partial charge is 0.252 e. The first kappa shape index (κ1) is 17.2. The van der Waals surface area contributed by atoms with E-state index in [4.69, 9.17) is 16.0 Å². The lowest BCUT2D eigenvalue weighted by Gasteiger charge is -2.21. The molecule has 0 radical (unpaired) electrons. The van der Waals surface area contributed by atoms with Gasteiger partial charge in [-0.1, -0.05) is 11.6 Å². The fourth-order valence-electron chi connectivity index (χ4n) is 2.85. The first-order chi connectivity index (χ1) is 13.0. The number of rotatable bonds is 3. The maximum atomic E-state index is 12.4. The quantitative estimate of drug-likeness (QED) is 0.677. The molecule has 1 unspecified atom stereocenters. The van der Waals surface area contributed by atoms with Gasteiger partial charge in [0, 0.05) is 22.6 Å². The average Bonchev–Trinajstić information content (AvgIpc) is 3.07. The first-order valence-corrected chi connectivity index (χ1v) is 8.68. The van der Waals surface area contributed by atoms with Crippen LogP contribution in [0.25, 0.3) is 22.6 Å². The van der Waals surface area contributed by atoms with Gasteiger partial charge in [-0.15, -0.1) is 0 Å². The Morgan fingerprint density at radius 2 is 1.96 bits per heavy atom. The number of nitrogens with zero attached hydrogens (tertiary/aromatic N) is 1. The number of oxazole rings is 1. The van der Waals surface area contributed by atoms with E-state index in [9.17, 15) is 14.4 Å². The summed E-state index contributed by atoms with van der Waals surface area (Å²) < 4.78 is 5.75. The summed E-state index contributed by atoms with van der Waals surface area (Å²) in [4.78, 5) is 39.8. The minimum atomic E-state index is -0.731. The number of carbonyl (C=O) groups is 3. The van der Waals surface area contributed by atoms with Gasteiger partial charge in [-0.2, -0.15) is 0 Å². The molecule has 0 bridgehead atoms. The summed E-state index contributed by atoms with van der Waals surface area (Å²) >= 11 is 5.89. The molecule has 2 N–H and O–H groups in total. The van der Waals surface area contributed by atoms with Gasteiger partial charge in [-0.25, -0.2) is 4.98 Å². The van der Waals surface area contributed by atoms with Crippen molar-refractivity contribution in [3.05, 3.63) is 53.1 Å². The number of piperidine rings is 1. The number of halogens is 1. The summed E-state index contributed by atoms with van der Waals surface area (Å²) in [5, 5.41) is 5.46. The van der Waals surface area contributed by atoms with Crippen molar-refractivity contribution in [2.24, 2.45) is 0 Å². The van der Waals surface area contributed by atoms with Crippen molar-refractivity contribution in [1.82, 2.24) is 15.6 Å². The molecule has 1 aliphatic heterocycles. The molecule has 2 aromatic carbocycles. The zero-order valence-electron chi connectivity index (χ0n) is 14.0. The first-order valence-electron chi connectivity index (χ1n) is 8.31. The van der Waals surface area contributed by atoms with Crippen molar-refractivity contribution in [3.63, 3.8) is 0 Å². The Morgan fingerprint density at radius 1 is 1.19 bits per heavy atom. The van der Waals surface area contributed by atoms with Gasteiger partial charge in [0.05, 0.1) is 0 Å². The number of hydrogen-bond acceptors (Lipinski definition) is 5. The summed E-state index contributed by atoms with van der Waals surface area (Å²) in [6.45, 7) is 0. The predicted molar refractivity (Wildman–Crippen MR) is 98.1 cm³/mol. The molecule has 1 fully saturated rings. The van der Waals surface area contributed by atoms with Gasteiger partial charge in [-0.05, 0) is 48.9 Å². The average molecular weight is 384 g/mol. The van der Waals surface area contributed by atoms with Crippen LogP contribution in [0, 0.1) is 0 Å². The normalized spacial score (nSPS) is 17.0. The molecule has 8 heteroatoms. The molecule has 0 spiro atoms. The maximum absolute atomic E-state index is 12.4. The number of fused-ring (bicyclic) bond motifs is 1. The summed E-state index contributed by atoms with van der Waals surface area (Å²) in [6, 6.07) is 11.2. The predicted octanol–water partition coefficient (Wildman–Crippen LogP) is 2.68. The van der Waals surface area contributed by atoms with E-state index in [2.05, 4.69) is 15.6 Å². The van der Waals surface area contributed by atoms with Gasteiger partial charge in [0.25, 0.3) is 5.91 Å². The van der Waals surface area contributed by atoms with E-state index in [1.54, 1.807) is 42.5 Å². The zero-order chi connectivity index (χ0) is 19.0. The third kappa shape index (κ3) is 3.54. The van der Waals surface area contributed by atoms with Crippen LogP contribution in [0.3, 0.4) is 0 Å². The van der Waals surface area contributed by atoms with Gasteiger partial charge in [0.2, 0.25) is 17.7 Å². The Balaban J connectivity index is 1.56. The van der Waals surface area contributed by atoms with Gasteiger partial charge in [-0.3, -0.25) is 19.7 Å². The van der Waals surface area contributed by atoms with Crippen LogP contribution < -0.4 is 10.6 Å². The van der Waals surface area contributed by atoms with Gasteiger partial charge >= 0.3 is 0 Å². The molecular weight excluding hydrogens is 370 g/mol. The molecule has 3 aromatic rings. The van der Waals surface area contributed by atoms with Crippen LogP contribution in [0.2, 0.25) is 5.02 Å². The molecule has 1 aromatic heterocycles. The number of aromatic nitrogens is 1. The Kier molecular flexibility index (Phi) is 4.37. The zero-order valence-corrected chi connectivity index (χ0v) is 14.7. The second-order valence-corrected chi connectivity index (χ2v) is 6.62. The van der Waals surface area contributed by atoms with Crippen molar-refractivity contribution >= 4 is 40.4 Å². The van der Waals surface area contributed by atoms with E-state index in [0.29, 0.717) is 27.6 Å². The van der Waals surface area contributed by atoms with Crippen molar-refractivity contribution in [3.8, 4) is 11.5 Å². The number of carbonyl (C=O) groups excluding carboxylic acids is 3. The third-order valence-corrected chi connectivity index (χ3v) is 4.54. The summed E-state index contributed by atoms with van der Waals surface area (Å²) in [7, 11) is 0. The topological polar surface area (TPSA) is 101 Å². The molecular formula is C19H14ClN3O4. The molecule has 2 heterocycles. The highest BCUT2D eigenvalue weighted by Crippen LogP contribution is 2.26. The van der Waals surface area contributed by atoms with Crippen LogP contribution in [-0.2, 0) is 9.59 Å². The summed E-state index contributed by atoms with van der Waals surface area (Å²) in [6.07, 6.45) is 0.476. The number of hydrogen-bond donors (Lipinski definition) is 2. The van der Waals surface area contributed by atoms with E-state index in [0.717, 1.165) is 5.56 Å². The molecule has 1 saturated heterocycles. The SMILES string of the molecule is O=C1CCC(NC(=O)c2ccc3nc(-c4ccc(Cl)cc4)oc3c2)C(=O)N1. The lowest BCUT2D eigenvalue weighted by Crippen LogP contribution is -2.52. The van der Waals surface area contributed by atoms with Crippen LogP contribution >= 0.6 is 11.6 Å². The number of amides is 3. The summed E-state index contributed by atoms with van der Waals surface area (Å²) in [5.41, 5.74) is 2.17. The van der Waals surface area contributed by atoms with E-state index >= 15 is 0 Å². The Labute approximate surface area is 158 Å². The largest absolute Gasteiger partial charge is 0.436 e. The highest BCUT2D eigenvalue weighted by atomic mass is 35.5. The van der Waals surface area contributed by atoms with Crippen LogP contribution in [0.1, 0.15) is 23.2 Å². The van der Waals surface area contributed by atoms with E-state index in [1.807, 2.05) is 0 Å². The van der Waals surface area contributed by atoms with Gasteiger partial charge in [0.15, 0.2) is 5.58 Å². The molecule has 0 saturated carbocycles. The van der Waals surface area contributed by atoms with Gasteiger partial charge < -0.3 is 9.73 Å². The second kappa shape index (κ2) is 6.85. The molecule has 1 atom stereocenters. The molecule has 27 heavy (non-hydrogen) atoms. The number of benzene rings is 2. The lowest BCUT2D eigenvalue weighted by atomic mass is 10.1. The minimum absolute atomic E-state index is 0.197. The van der Waals surface area contributed by atoms with E-state index < -0.39 is 17.9 Å². The standard InChI is InChI=1S/C19H14ClN3O4/c20-12-4-1-10(2-5-12)19-22-13-6-3-11(9-15(13)27-19)17(25)21-14-7-8-16(24)23-18(14)26/h1-6,9,14H,7-8H2,(H,21,25)(H,23,24,26). The molecule has 3 amide bonds. The van der Waals surface area contributed by atoms with Crippen molar-refractivity contribution in [2.75, 3.05) is 0 Å². The summed E-state index contributed by atoms with van der Waals surface area (Å²) in [5.74, 6) is -0.825. The van der Waals surface area contributed by atoms with Gasteiger partial charge in [0.1, 0.15) is 11.6 Å². The fraction of sp³-hybridized carbons (Fsp3) is 0.158. The van der Waals surface area contributed by atoms with E-state index in [-0.39, 0.29) is 18.7 Å². The number of imide groups is 1. The highest BCUT2D eigenvalue weighted by Gasteiger charge is 2.28. The fourth-order valence-corrected chi connectivity index (χ4v) is 2.98.